The molecule has 0 amide bonds. The van der Waals surface area contributed by atoms with E-state index >= 15 is 0 Å². The number of hydrogen-bond donors (Lipinski definition) is 1. The first-order valence-electron chi connectivity index (χ1n) is 8.53. The Kier molecular flexibility index (Phi) is 3.21. The standard InChI is InChI=1S/C18H19N7/c1-2-23-11-20-17-22-16(13-6-5-9-19-10-13)25-15-8-4-3-7-14(15)21-18(25)24(17)12-23/h3-10,16H,2,11-12H2,1H3,(H,20,22)/t16-/m0/s1. The first-order chi connectivity index (χ1) is 12.3. The number of nitrogens with one attached hydrogen (secondary N) is 1. The molecule has 2 aliphatic heterocycles. The molecule has 7 nitrogen and oxygen atoms in total. The predicted molar refractivity (Wildman–Crippen MR) is 97.3 cm³/mol. The van der Waals surface area contributed by atoms with Gasteiger partial charge in [0.25, 0.3) is 0 Å². The molecule has 0 spiro atoms. The summed E-state index contributed by atoms with van der Waals surface area (Å²) in [5.74, 6) is 1.80. The number of benzene rings is 1. The van der Waals surface area contributed by atoms with Crippen LogP contribution in [0.1, 0.15) is 18.7 Å². The summed E-state index contributed by atoms with van der Waals surface area (Å²) in [7, 11) is 0. The summed E-state index contributed by atoms with van der Waals surface area (Å²) in [5, 5.41) is 3.58. The number of aromatic nitrogens is 3. The van der Waals surface area contributed by atoms with Crippen LogP contribution in [-0.2, 0) is 0 Å². The van der Waals surface area contributed by atoms with Crippen molar-refractivity contribution in [1.29, 1.82) is 0 Å². The number of para-hydroxylation sites is 2. The number of rotatable bonds is 2. The SMILES string of the molecule is CCN1CN=C2N[C@H](c3cccnc3)n3c(nc4ccccc43)N2C1. The van der Waals surface area contributed by atoms with Gasteiger partial charge in [0.05, 0.1) is 24.4 Å². The van der Waals surface area contributed by atoms with Crippen LogP contribution >= 0.6 is 0 Å². The fourth-order valence-corrected chi connectivity index (χ4v) is 3.48. The summed E-state index contributed by atoms with van der Waals surface area (Å²) in [5.41, 5.74) is 3.18. The molecule has 1 N–H and O–H groups in total. The van der Waals surface area contributed by atoms with Crippen molar-refractivity contribution in [2.75, 3.05) is 24.8 Å². The van der Waals surface area contributed by atoms with E-state index in [2.05, 4.69) is 55.9 Å². The number of nitrogens with zero attached hydrogens (tertiary/aromatic N) is 6. The molecular weight excluding hydrogens is 314 g/mol. The molecule has 4 heterocycles. The molecule has 0 aliphatic carbocycles. The second-order valence-corrected chi connectivity index (χ2v) is 6.28. The summed E-state index contributed by atoms with van der Waals surface area (Å²) in [6.45, 7) is 4.60. The molecular formula is C18H19N7. The lowest BCUT2D eigenvalue weighted by Gasteiger charge is -2.41. The molecule has 5 rings (SSSR count). The van der Waals surface area contributed by atoms with Crippen LogP contribution in [0.4, 0.5) is 5.95 Å². The van der Waals surface area contributed by atoms with Crippen molar-refractivity contribution in [3.63, 3.8) is 0 Å². The Hall–Kier alpha value is -2.93. The van der Waals surface area contributed by atoms with E-state index in [4.69, 9.17) is 9.98 Å². The minimum absolute atomic E-state index is 0.0701. The molecule has 0 radical (unpaired) electrons. The fourth-order valence-electron chi connectivity index (χ4n) is 3.48. The van der Waals surface area contributed by atoms with Gasteiger partial charge in [-0.15, -0.1) is 0 Å². The summed E-state index contributed by atoms with van der Waals surface area (Å²) in [6, 6.07) is 12.3. The summed E-state index contributed by atoms with van der Waals surface area (Å²) < 4.78 is 2.24. The van der Waals surface area contributed by atoms with Crippen molar-refractivity contribution in [1.82, 2.24) is 24.8 Å². The fraction of sp³-hybridized carbons (Fsp3) is 0.278. The van der Waals surface area contributed by atoms with E-state index in [1.807, 2.05) is 18.3 Å². The Bertz CT molecular complexity index is 946. The van der Waals surface area contributed by atoms with Gasteiger partial charge >= 0.3 is 0 Å². The topological polar surface area (TPSA) is 61.6 Å². The molecule has 0 fully saturated rings. The lowest BCUT2D eigenvalue weighted by atomic mass is 10.2. The number of pyridine rings is 1. The van der Waals surface area contributed by atoms with E-state index in [0.717, 1.165) is 41.7 Å². The third-order valence-corrected chi connectivity index (χ3v) is 4.81. The monoisotopic (exact) mass is 333 g/mol. The molecule has 1 aromatic carbocycles. The molecule has 2 aromatic heterocycles. The zero-order chi connectivity index (χ0) is 16.8. The van der Waals surface area contributed by atoms with Crippen molar-refractivity contribution in [3.8, 4) is 0 Å². The minimum Gasteiger partial charge on any atom is -0.331 e. The number of guanidine groups is 1. The van der Waals surface area contributed by atoms with Gasteiger partial charge in [-0.2, -0.15) is 0 Å². The van der Waals surface area contributed by atoms with Gasteiger partial charge < -0.3 is 5.32 Å². The van der Waals surface area contributed by atoms with Crippen LogP contribution in [0.25, 0.3) is 11.0 Å². The average molecular weight is 333 g/mol. The van der Waals surface area contributed by atoms with E-state index in [1.54, 1.807) is 6.20 Å². The van der Waals surface area contributed by atoms with E-state index in [1.165, 1.54) is 0 Å². The highest BCUT2D eigenvalue weighted by molar-refractivity contribution is 5.98. The van der Waals surface area contributed by atoms with Crippen molar-refractivity contribution in [2.45, 2.75) is 13.1 Å². The van der Waals surface area contributed by atoms with Gasteiger partial charge in [-0.3, -0.25) is 19.4 Å². The van der Waals surface area contributed by atoms with Crippen LogP contribution in [0.15, 0.2) is 53.8 Å². The Labute approximate surface area is 145 Å². The van der Waals surface area contributed by atoms with Crippen molar-refractivity contribution in [2.24, 2.45) is 4.99 Å². The number of anilines is 1. The van der Waals surface area contributed by atoms with Crippen molar-refractivity contribution in [3.05, 3.63) is 54.4 Å². The molecule has 0 saturated heterocycles. The van der Waals surface area contributed by atoms with Gasteiger partial charge in [0.1, 0.15) is 6.17 Å². The van der Waals surface area contributed by atoms with Crippen LogP contribution in [0.2, 0.25) is 0 Å². The molecule has 3 aromatic rings. The molecule has 126 valence electrons. The number of imidazole rings is 1. The Morgan fingerprint density at radius 1 is 1.20 bits per heavy atom. The van der Waals surface area contributed by atoms with E-state index < -0.39 is 0 Å². The van der Waals surface area contributed by atoms with Gasteiger partial charge in [0.2, 0.25) is 11.9 Å². The smallest absolute Gasteiger partial charge is 0.216 e. The quantitative estimate of drug-likeness (QED) is 0.777. The largest absolute Gasteiger partial charge is 0.331 e. The number of hydrogen-bond acceptors (Lipinski definition) is 6. The maximum absolute atomic E-state index is 4.90. The highest BCUT2D eigenvalue weighted by Crippen LogP contribution is 2.33. The zero-order valence-corrected chi connectivity index (χ0v) is 14.0. The van der Waals surface area contributed by atoms with Crippen LogP contribution in [-0.4, -0.2) is 45.3 Å². The Morgan fingerprint density at radius 2 is 2.12 bits per heavy atom. The maximum atomic E-state index is 4.90. The summed E-state index contributed by atoms with van der Waals surface area (Å²) in [6.07, 6.45) is 3.62. The highest BCUT2D eigenvalue weighted by atomic mass is 15.5. The van der Waals surface area contributed by atoms with Gasteiger partial charge in [-0.05, 0) is 24.7 Å². The molecule has 0 bridgehead atoms. The van der Waals surface area contributed by atoms with Gasteiger partial charge in [0.15, 0.2) is 0 Å². The second-order valence-electron chi connectivity index (χ2n) is 6.28. The third-order valence-electron chi connectivity index (χ3n) is 4.81. The van der Waals surface area contributed by atoms with E-state index in [0.29, 0.717) is 6.67 Å². The van der Waals surface area contributed by atoms with Crippen LogP contribution < -0.4 is 10.2 Å². The molecule has 0 unspecified atom stereocenters. The zero-order valence-electron chi connectivity index (χ0n) is 14.0. The first-order valence-corrected chi connectivity index (χ1v) is 8.53. The van der Waals surface area contributed by atoms with E-state index in [-0.39, 0.29) is 6.17 Å². The Morgan fingerprint density at radius 3 is 2.96 bits per heavy atom. The first kappa shape index (κ1) is 14.4. The average Bonchev–Trinajstić information content (AvgIpc) is 3.07. The van der Waals surface area contributed by atoms with E-state index in [9.17, 15) is 0 Å². The third kappa shape index (κ3) is 2.20. The molecule has 7 heteroatoms. The van der Waals surface area contributed by atoms with Gasteiger partial charge in [-0.1, -0.05) is 25.1 Å². The molecule has 25 heavy (non-hydrogen) atoms. The van der Waals surface area contributed by atoms with Crippen LogP contribution in [0.3, 0.4) is 0 Å². The lowest BCUT2D eigenvalue weighted by Crippen LogP contribution is -2.57. The second kappa shape index (κ2) is 5.56. The minimum atomic E-state index is -0.0701. The molecule has 1 atom stereocenters. The number of aliphatic imine (C=N–C) groups is 1. The van der Waals surface area contributed by atoms with Crippen LogP contribution in [0.5, 0.6) is 0 Å². The number of fused-ring (bicyclic) bond motifs is 5. The lowest BCUT2D eigenvalue weighted by molar-refractivity contribution is 0.286. The highest BCUT2D eigenvalue weighted by Gasteiger charge is 2.35. The molecule has 2 aliphatic rings. The predicted octanol–water partition coefficient (Wildman–Crippen LogP) is 1.99. The van der Waals surface area contributed by atoms with Gasteiger partial charge in [0, 0.05) is 18.0 Å². The summed E-state index contributed by atoms with van der Waals surface area (Å²) in [4.78, 5) is 18.4. The van der Waals surface area contributed by atoms with Crippen molar-refractivity contribution >= 4 is 22.9 Å². The van der Waals surface area contributed by atoms with Crippen molar-refractivity contribution < 1.29 is 0 Å². The normalized spacial score (nSPS) is 20.0. The van der Waals surface area contributed by atoms with Gasteiger partial charge in [-0.25, -0.2) is 9.98 Å². The van der Waals surface area contributed by atoms with Crippen LogP contribution in [0, 0.1) is 0 Å². The Balaban J connectivity index is 1.73. The maximum Gasteiger partial charge on any atom is 0.216 e. The molecule has 0 saturated carbocycles. The summed E-state index contributed by atoms with van der Waals surface area (Å²) >= 11 is 0.